The number of para-hydroxylation sites is 1. The quantitative estimate of drug-likeness (QED) is 0.409. The van der Waals surface area contributed by atoms with Crippen LogP contribution in [0.15, 0.2) is 72.3 Å². The molecule has 0 spiro atoms. The molecule has 2 aromatic carbocycles. The number of hydrogen-bond acceptors (Lipinski definition) is 8. The van der Waals surface area contributed by atoms with Crippen LogP contribution in [0.25, 0.3) is 17.2 Å². The van der Waals surface area contributed by atoms with Crippen LogP contribution in [-0.4, -0.2) is 50.6 Å². The number of methoxy groups -OCH3 is 2. The van der Waals surface area contributed by atoms with Gasteiger partial charge in [0.25, 0.3) is 0 Å². The van der Waals surface area contributed by atoms with E-state index >= 15 is 0 Å². The molecular formula is C22H20N6O3S. The summed E-state index contributed by atoms with van der Waals surface area (Å²) in [6.07, 6.45) is 4.82. The van der Waals surface area contributed by atoms with Gasteiger partial charge in [0.15, 0.2) is 22.5 Å². The van der Waals surface area contributed by atoms with Gasteiger partial charge >= 0.3 is 0 Å². The van der Waals surface area contributed by atoms with Crippen molar-refractivity contribution in [1.82, 2.24) is 24.7 Å². The van der Waals surface area contributed by atoms with Crippen molar-refractivity contribution in [2.45, 2.75) is 5.16 Å². The summed E-state index contributed by atoms with van der Waals surface area (Å²) < 4.78 is 12.4. The number of benzene rings is 2. The number of hydrogen-bond donors (Lipinski definition) is 1. The van der Waals surface area contributed by atoms with Crippen molar-refractivity contribution >= 4 is 23.4 Å². The first kappa shape index (κ1) is 21.3. The molecule has 0 saturated carbocycles. The smallest absolute Gasteiger partial charge is 0.234 e. The average molecular weight is 449 g/mol. The minimum absolute atomic E-state index is 0.139. The number of nitrogens with one attached hydrogen (secondary N) is 1. The summed E-state index contributed by atoms with van der Waals surface area (Å²) in [4.78, 5) is 21.0. The Bertz CT molecular complexity index is 1200. The number of anilines is 1. The molecule has 2 heterocycles. The fourth-order valence-electron chi connectivity index (χ4n) is 2.99. The molecule has 32 heavy (non-hydrogen) atoms. The van der Waals surface area contributed by atoms with Crippen LogP contribution in [0.3, 0.4) is 0 Å². The Morgan fingerprint density at radius 2 is 1.84 bits per heavy atom. The van der Waals surface area contributed by atoms with E-state index in [4.69, 9.17) is 9.47 Å². The number of carbonyl (C=O) groups is 1. The SMILES string of the molecule is COc1ccc(NC(=O)CSc2nnc(-c3cnccn3)n2-c2ccccc2)cc1OC. The Labute approximate surface area is 188 Å². The maximum atomic E-state index is 12.6. The van der Waals surface area contributed by atoms with Gasteiger partial charge in [-0.05, 0) is 24.3 Å². The van der Waals surface area contributed by atoms with Gasteiger partial charge in [0, 0.05) is 29.8 Å². The summed E-state index contributed by atoms with van der Waals surface area (Å²) in [6.45, 7) is 0. The second-order valence-corrected chi connectivity index (χ2v) is 7.42. The van der Waals surface area contributed by atoms with Gasteiger partial charge in [0.05, 0.1) is 26.2 Å². The first-order valence-corrected chi connectivity index (χ1v) is 10.6. The minimum atomic E-state index is -0.189. The van der Waals surface area contributed by atoms with Crippen LogP contribution in [-0.2, 0) is 4.79 Å². The number of nitrogens with zero attached hydrogens (tertiary/aromatic N) is 5. The lowest BCUT2D eigenvalue weighted by Gasteiger charge is -2.11. The van der Waals surface area contributed by atoms with Gasteiger partial charge in [-0.15, -0.1) is 10.2 Å². The minimum Gasteiger partial charge on any atom is -0.493 e. The predicted molar refractivity (Wildman–Crippen MR) is 121 cm³/mol. The van der Waals surface area contributed by atoms with Crippen LogP contribution < -0.4 is 14.8 Å². The molecule has 0 aliphatic carbocycles. The molecule has 0 bridgehead atoms. The van der Waals surface area contributed by atoms with E-state index in [2.05, 4.69) is 25.5 Å². The Balaban J connectivity index is 1.53. The maximum absolute atomic E-state index is 12.6. The van der Waals surface area contributed by atoms with E-state index in [9.17, 15) is 4.79 Å². The third-order valence-corrected chi connectivity index (χ3v) is 5.37. The fraction of sp³-hybridized carbons (Fsp3) is 0.136. The van der Waals surface area contributed by atoms with Crippen molar-refractivity contribution in [2.24, 2.45) is 0 Å². The molecule has 4 rings (SSSR count). The Hall–Kier alpha value is -3.92. The summed E-state index contributed by atoms with van der Waals surface area (Å²) >= 11 is 1.28. The van der Waals surface area contributed by atoms with Crippen LogP contribution in [0.2, 0.25) is 0 Å². The van der Waals surface area contributed by atoms with Crippen molar-refractivity contribution in [2.75, 3.05) is 25.3 Å². The number of carbonyl (C=O) groups excluding carboxylic acids is 1. The zero-order valence-electron chi connectivity index (χ0n) is 17.4. The number of ether oxygens (including phenoxy) is 2. The highest BCUT2D eigenvalue weighted by molar-refractivity contribution is 7.99. The summed E-state index contributed by atoms with van der Waals surface area (Å²) in [5, 5.41) is 12.0. The van der Waals surface area contributed by atoms with Gasteiger partial charge in [-0.2, -0.15) is 0 Å². The van der Waals surface area contributed by atoms with E-state index in [1.807, 2.05) is 34.9 Å². The van der Waals surface area contributed by atoms with Gasteiger partial charge in [-0.1, -0.05) is 30.0 Å². The van der Waals surface area contributed by atoms with Crippen molar-refractivity contribution in [3.63, 3.8) is 0 Å². The van der Waals surface area contributed by atoms with E-state index in [0.29, 0.717) is 33.9 Å². The molecule has 0 fully saturated rings. The van der Waals surface area contributed by atoms with Crippen LogP contribution >= 0.6 is 11.8 Å². The van der Waals surface area contributed by atoms with Gasteiger partial charge in [-0.25, -0.2) is 4.98 Å². The van der Waals surface area contributed by atoms with E-state index in [1.165, 1.54) is 11.8 Å². The third kappa shape index (κ3) is 4.70. The zero-order chi connectivity index (χ0) is 22.3. The number of aromatic nitrogens is 5. The molecule has 0 saturated heterocycles. The van der Waals surface area contributed by atoms with Gasteiger partial charge in [0.2, 0.25) is 5.91 Å². The molecule has 2 aromatic heterocycles. The van der Waals surface area contributed by atoms with Gasteiger partial charge < -0.3 is 14.8 Å². The third-order valence-electron chi connectivity index (χ3n) is 4.44. The topological polar surface area (TPSA) is 104 Å². The molecule has 0 radical (unpaired) electrons. The van der Waals surface area contributed by atoms with Crippen molar-refractivity contribution < 1.29 is 14.3 Å². The van der Waals surface area contributed by atoms with Crippen LogP contribution in [0.1, 0.15) is 0 Å². The van der Waals surface area contributed by atoms with E-state index < -0.39 is 0 Å². The summed E-state index contributed by atoms with van der Waals surface area (Å²) in [5.74, 6) is 1.63. The largest absolute Gasteiger partial charge is 0.493 e. The molecule has 9 nitrogen and oxygen atoms in total. The first-order chi connectivity index (χ1) is 15.7. The predicted octanol–water partition coefficient (Wildman–Crippen LogP) is 3.47. The molecular weight excluding hydrogens is 428 g/mol. The first-order valence-electron chi connectivity index (χ1n) is 9.61. The number of rotatable bonds is 8. The zero-order valence-corrected chi connectivity index (χ0v) is 18.2. The van der Waals surface area contributed by atoms with E-state index in [1.54, 1.807) is 51.0 Å². The summed E-state index contributed by atoms with van der Waals surface area (Å²) in [5.41, 5.74) is 2.06. The Morgan fingerprint density at radius 1 is 1.03 bits per heavy atom. The number of amides is 1. The van der Waals surface area contributed by atoms with E-state index in [-0.39, 0.29) is 11.7 Å². The molecule has 0 atom stereocenters. The maximum Gasteiger partial charge on any atom is 0.234 e. The van der Waals surface area contributed by atoms with Crippen LogP contribution in [0, 0.1) is 0 Å². The Morgan fingerprint density at radius 3 is 2.56 bits per heavy atom. The number of thioether (sulfide) groups is 1. The average Bonchev–Trinajstić information content (AvgIpc) is 3.28. The molecule has 0 aliphatic rings. The van der Waals surface area contributed by atoms with Gasteiger partial charge in [-0.3, -0.25) is 14.3 Å². The van der Waals surface area contributed by atoms with Crippen molar-refractivity contribution in [3.8, 4) is 28.7 Å². The fourth-order valence-corrected chi connectivity index (χ4v) is 3.75. The van der Waals surface area contributed by atoms with Crippen molar-refractivity contribution in [3.05, 3.63) is 67.1 Å². The Kier molecular flexibility index (Phi) is 6.61. The van der Waals surface area contributed by atoms with Gasteiger partial charge in [0.1, 0.15) is 5.69 Å². The molecule has 1 N–H and O–H groups in total. The van der Waals surface area contributed by atoms with Crippen molar-refractivity contribution in [1.29, 1.82) is 0 Å². The highest BCUT2D eigenvalue weighted by atomic mass is 32.2. The summed E-state index contributed by atoms with van der Waals surface area (Å²) in [6, 6.07) is 14.9. The standard InChI is InChI=1S/C22H20N6O3S/c1-30-18-9-8-15(12-19(18)31-2)25-20(29)14-32-22-27-26-21(17-13-23-10-11-24-17)28(22)16-6-4-3-5-7-16/h3-13H,14H2,1-2H3,(H,25,29). The molecule has 0 aliphatic heterocycles. The second kappa shape index (κ2) is 9.92. The normalized spacial score (nSPS) is 10.6. The second-order valence-electron chi connectivity index (χ2n) is 6.47. The molecule has 10 heteroatoms. The molecule has 4 aromatic rings. The van der Waals surface area contributed by atoms with Crippen LogP contribution in [0.4, 0.5) is 5.69 Å². The molecule has 0 unspecified atom stereocenters. The lowest BCUT2D eigenvalue weighted by atomic mass is 10.2. The highest BCUT2D eigenvalue weighted by Gasteiger charge is 2.18. The molecule has 1 amide bonds. The van der Waals surface area contributed by atoms with Crippen LogP contribution in [0.5, 0.6) is 11.5 Å². The lowest BCUT2D eigenvalue weighted by Crippen LogP contribution is -2.14. The summed E-state index contributed by atoms with van der Waals surface area (Å²) in [7, 11) is 3.11. The van der Waals surface area contributed by atoms with E-state index in [0.717, 1.165) is 5.69 Å². The molecule has 162 valence electrons. The monoisotopic (exact) mass is 448 g/mol. The lowest BCUT2D eigenvalue weighted by molar-refractivity contribution is -0.113. The highest BCUT2D eigenvalue weighted by Crippen LogP contribution is 2.30.